The molecule has 0 saturated carbocycles. The van der Waals surface area contributed by atoms with E-state index in [1.165, 1.54) is 5.69 Å². The summed E-state index contributed by atoms with van der Waals surface area (Å²) in [6.45, 7) is 6.42. The van der Waals surface area contributed by atoms with E-state index in [4.69, 9.17) is 0 Å². The van der Waals surface area contributed by atoms with Gasteiger partial charge in [-0.1, -0.05) is 0 Å². The van der Waals surface area contributed by atoms with E-state index in [2.05, 4.69) is 53.0 Å². The van der Waals surface area contributed by atoms with Gasteiger partial charge in [-0.3, -0.25) is 0 Å². The van der Waals surface area contributed by atoms with Crippen LogP contribution in [0.4, 0.5) is 5.69 Å². The zero-order valence-electron chi connectivity index (χ0n) is 9.77. The Bertz CT molecular complexity index is 413. The molecule has 84 valence electrons. The topological polar surface area (TPSA) is 31.9 Å². The average Bonchev–Trinajstić information content (AvgIpc) is 2.85. The molecule has 0 fully saturated rings. The quantitative estimate of drug-likeness (QED) is 0.850. The van der Waals surface area contributed by atoms with Gasteiger partial charge in [-0.15, -0.1) is 0 Å². The van der Waals surface area contributed by atoms with E-state index in [1.54, 1.807) is 6.20 Å². The third-order valence-electron chi connectivity index (χ3n) is 2.77. The second-order valence-electron chi connectivity index (χ2n) is 3.66. The number of benzene rings is 1. The summed E-state index contributed by atoms with van der Waals surface area (Å²) in [6.07, 6.45) is 3.61. The van der Waals surface area contributed by atoms with E-state index in [1.807, 2.05) is 6.20 Å². The summed E-state index contributed by atoms with van der Waals surface area (Å²) in [5.41, 5.74) is 2.39. The van der Waals surface area contributed by atoms with Crippen molar-refractivity contribution in [2.45, 2.75) is 13.8 Å². The molecule has 1 N–H and O–H groups in total. The Labute approximate surface area is 96.1 Å². The van der Waals surface area contributed by atoms with Crippen LogP contribution in [0.15, 0.2) is 36.7 Å². The van der Waals surface area contributed by atoms with Crippen molar-refractivity contribution in [2.75, 3.05) is 18.0 Å². The molecular weight excluding hydrogens is 198 g/mol. The number of H-pyrrole nitrogens is 1. The molecule has 1 heterocycles. The van der Waals surface area contributed by atoms with Gasteiger partial charge in [-0.25, -0.2) is 4.98 Å². The molecule has 1 aromatic carbocycles. The van der Waals surface area contributed by atoms with Gasteiger partial charge in [0.25, 0.3) is 0 Å². The molecule has 1 aromatic heterocycles. The second-order valence-corrected chi connectivity index (χ2v) is 3.66. The number of aromatic amines is 1. The molecule has 0 aliphatic heterocycles. The maximum Gasteiger partial charge on any atom is 0.137 e. The summed E-state index contributed by atoms with van der Waals surface area (Å²) in [7, 11) is 0. The van der Waals surface area contributed by atoms with Gasteiger partial charge in [-0.2, -0.15) is 0 Å². The zero-order valence-corrected chi connectivity index (χ0v) is 9.77. The number of rotatable bonds is 4. The zero-order chi connectivity index (χ0) is 11.4. The Morgan fingerprint density at radius 2 is 1.81 bits per heavy atom. The minimum Gasteiger partial charge on any atom is -0.372 e. The molecule has 16 heavy (non-hydrogen) atoms. The Hall–Kier alpha value is -1.77. The first kappa shape index (κ1) is 10.7. The van der Waals surface area contributed by atoms with Gasteiger partial charge < -0.3 is 9.88 Å². The lowest BCUT2D eigenvalue weighted by Crippen LogP contribution is -2.21. The fraction of sp³-hybridized carbons (Fsp3) is 0.308. The predicted octanol–water partition coefficient (Wildman–Crippen LogP) is 2.92. The highest BCUT2D eigenvalue weighted by Gasteiger charge is 2.03. The molecule has 0 unspecified atom stereocenters. The van der Waals surface area contributed by atoms with Crippen molar-refractivity contribution in [1.82, 2.24) is 9.97 Å². The minimum atomic E-state index is 0.922. The van der Waals surface area contributed by atoms with E-state index in [0.717, 1.165) is 24.5 Å². The maximum atomic E-state index is 4.23. The monoisotopic (exact) mass is 215 g/mol. The molecule has 3 nitrogen and oxygen atoms in total. The Kier molecular flexibility index (Phi) is 3.25. The normalized spacial score (nSPS) is 10.4. The summed E-state index contributed by atoms with van der Waals surface area (Å²) >= 11 is 0. The molecule has 0 bridgehead atoms. The van der Waals surface area contributed by atoms with Crippen LogP contribution in [0.3, 0.4) is 0 Å². The Morgan fingerprint density at radius 1 is 1.12 bits per heavy atom. The third kappa shape index (κ3) is 2.08. The van der Waals surface area contributed by atoms with Crippen molar-refractivity contribution in [3.63, 3.8) is 0 Å². The van der Waals surface area contributed by atoms with Crippen molar-refractivity contribution >= 4 is 5.69 Å². The molecule has 0 radical (unpaired) electrons. The van der Waals surface area contributed by atoms with E-state index >= 15 is 0 Å². The SMILES string of the molecule is CCN(CC)c1ccc(-c2ncc[nH]2)cc1. The first-order valence-electron chi connectivity index (χ1n) is 5.70. The highest BCUT2D eigenvalue weighted by Crippen LogP contribution is 2.20. The van der Waals surface area contributed by atoms with Gasteiger partial charge in [0.2, 0.25) is 0 Å². The lowest BCUT2D eigenvalue weighted by Gasteiger charge is -2.20. The van der Waals surface area contributed by atoms with Crippen LogP contribution in [0.25, 0.3) is 11.4 Å². The van der Waals surface area contributed by atoms with E-state index in [-0.39, 0.29) is 0 Å². The smallest absolute Gasteiger partial charge is 0.137 e. The summed E-state index contributed by atoms with van der Waals surface area (Å²) < 4.78 is 0. The Morgan fingerprint density at radius 3 is 2.31 bits per heavy atom. The number of nitrogens with one attached hydrogen (secondary N) is 1. The summed E-state index contributed by atoms with van der Waals surface area (Å²) in [6, 6.07) is 8.49. The first-order valence-corrected chi connectivity index (χ1v) is 5.70. The maximum absolute atomic E-state index is 4.23. The number of hydrogen-bond donors (Lipinski definition) is 1. The molecule has 0 spiro atoms. The van der Waals surface area contributed by atoms with Gasteiger partial charge in [-0.05, 0) is 38.1 Å². The van der Waals surface area contributed by atoms with Crippen LogP contribution in [0.5, 0.6) is 0 Å². The fourth-order valence-corrected chi connectivity index (χ4v) is 1.84. The largest absolute Gasteiger partial charge is 0.372 e. The standard InChI is InChI=1S/C13H17N3/c1-3-16(4-2)12-7-5-11(6-8-12)13-14-9-10-15-13/h5-10H,3-4H2,1-2H3,(H,14,15). The highest BCUT2D eigenvalue weighted by molar-refractivity contribution is 5.60. The van der Waals surface area contributed by atoms with Gasteiger partial charge in [0.15, 0.2) is 0 Å². The van der Waals surface area contributed by atoms with E-state index < -0.39 is 0 Å². The number of imidazole rings is 1. The number of nitrogens with zero attached hydrogens (tertiary/aromatic N) is 2. The van der Waals surface area contributed by atoms with Crippen LogP contribution in [-0.2, 0) is 0 Å². The molecule has 0 aliphatic rings. The molecule has 0 amide bonds. The van der Waals surface area contributed by atoms with Gasteiger partial charge >= 0.3 is 0 Å². The second kappa shape index (κ2) is 4.84. The molecular formula is C13H17N3. The van der Waals surface area contributed by atoms with Crippen LogP contribution in [0.2, 0.25) is 0 Å². The van der Waals surface area contributed by atoms with Gasteiger partial charge in [0.1, 0.15) is 5.82 Å². The minimum absolute atomic E-state index is 0.922. The summed E-state index contributed by atoms with van der Waals surface area (Å²) in [4.78, 5) is 9.66. The van der Waals surface area contributed by atoms with Crippen LogP contribution in [0, 0.1) is 0 Å². The van der Waals surface area contributed by atoms with Crippen molar-refractivity contribution in [3.05, 3.63) is 36.7 Å². The average molecular weight is 215 g/mol. The predicted molar refractivity (Wildman–Crippen MR) is 67.6 cm³/mol. The molecule has 0 aliphatic carbocycles. The van der Waals surface area contributed by atoms with E-state index in [9.17, 15) is 0 Å². The molecule has 3 heteroatoms. The van der Waals surface area contributed by atoms with Crippen LogP contribution in [0.1, 0.15) is 13.8 Å². The van der Waals surface area contributed by atoms with Crippen molar-refractivity contribution < 1.29 is 0 Å². The third-order valence-corrected chi connectivity index (χ3v) is 2.77. The van der Waals surface area contributed by atoms with Crippen LogP contribution in [-0.4, -0.2) is 23.1 Å². The van der Waals surface area contributed by atoms with E-state index in [0.29, 0.717) is 0 Å². The molecule has 2 rings (SSSR count). The van der Waals surface area contributed by atoms with Crippen LogP contribution < -0.4 is 4.90 Å². The highest BCUT2D eigenvalue weighted by atomic mass is 15.1. The molecule has 0 atom stereocenters. The lowest BCUT2D eigenvalue weighted by molar-refractivity contribution is 0.866. The van der Waals surface area contributed by atoms with Gasteiger partial charge in [0, 0.05) is 36.7 Å². The van der Waals surface area contributed by atoms with Crippen molar-refractivity contribution in [2.24, 2.45) is 0 Å². The van der Waals surface area contributed by atoms with Gasteiger partial charge in [0.05, 0.1) is 0 Å². The lowest BCUT2D eigenvalue weighted by atomic mass is 10.2. The first-order chi connectivity index (χ1) is 7.85. The van der Waals surface area contributed by atoms with Crippen molar-refractivity contribution in [1.29, 1.82) is 0 Å². The van der Waals surface area contributed by atoms with Crippen molar-refractivity contribution in [3.8, 4) is 11.4 Å². The number of anilines is 1. The number of aromatic nitrogens is 2. The molecule has 2 aromatic rings. The summed E-state index contributed by atoms with van der Waals surface area (Å²) in [5, 5.41) is 0. The Balaban J connectivity index is 2.22. The number of hydrogen-bond acceptors (Lipinski definition) is 2. The fourth-order valence-electron chi connectivity index (χ4n) is 1.84. The van der Waals surface area contributed by atoms with Crippen LogP contribution >= 0.6 is 0 Å². The molecule has 0 saturated heterocycles. The summed E-state index contributed by atoms with van der Waals surface area (Å²) in [5.74, 6) is 0.922.